The summed E-state index contributed by atoms with van der Waals surface area (Å²) < 4.78 is 5.99. The van der Waals surface area contributed by atoms with E-state index < -0.39 is 0 Å². The number of anilines is 1. The Labute approximate surface area is 137 Å². The minimum atomic E-state index is 0.0122. The Morgan fingerprint density at radius 2 is 2.04 bits per heavy atom. The number of nitrogens with zero attached hydrogens (tertiary/aromatic N) is 3. The first-order valence-electron chi connectivity index (χ1n) is 7.90. The number of hydrogen-bond acceptors (Lipinski definition) is 4. The van der Waals surface area contributed by atoms with Crippen molar-refractivity contribution in [2.75, 3.05) is 24.6 Å². The van der Waals surface area contributed by atoms with Gasteiger partial charge in [0.05, 0.1) is 12.2 Å². The molecule has 1 aromatic heterocycles. The Morgan fingerprint density at radius 3 is 2.78 bits per heavy atom. The molecule has 0 aliphatic carbocycles. The lowest BCUT2D eigenvalue weighted by Crippen LogP contribution is -2.39. The van der Waals surface area contributed by atoms with E-state index in [0.717, 1.165) is 24.6 Å². The van der Waals surface area contributed by atoms with E-state index in [2.05, 4.69) is 48.0 Å². The Balaban J connectivity index is 1.89. The molecule has 4 nitrogen and oxygen atoms in total. The van der Waals surface area contributed by atoms with Crippen molar-refractivity contribution in [2.45, 2.75) is 26.9 Å². The van der Waals surface area contributed by atoms with Crippen molar-refractivity contribution in [3.05, 3.63) is 58.3 Å². The number of nitriles is 1. The van der Waals surface area contributed by atoms with Gasteiger partial charge in [0, 0.05) is 18.8 Å². The van der Waals surface area contributed by atoms with Gasteiger partial charge < -0.3 is 9.64 Å². The van der Waals surface area contributed by atoms with E-state index in [0.29, 0.717) is 12.2 Å². The maximum absolute atomic E-state index is 9.35. The van der Waals surface area contributed by atoms with E-state index in [1.807, 2.05) is 19.1 Å². The van der Waals surface area contributed by atoms with E-state index in [1.54, 1.807) is 0 Å². The minimum absolute atomic E-state index is 0.0122. The van der Waals surface area contributed by atoms with Crippen LogP contribution in [0.4, 0.5) is 5.82 Å². The number of aryl methyl sites for hydroxylation is 3. The molecule has 0 bridgehead atoms. The van der Waals surface area contributed by atoms with Crippen molar-refractivity contribution in [1.29, 1.82) is 5.26 Å². The molecule has 23 heavy (non-hydrogen) atoms. The van der Waals surface area contributed by atoms with Crippen LogP contribution in [0.25, 0.3) is 0 Å². The molecule has 1 atom stereocenters. The lowest BCUT2D eigenvalue weighted by atomic mass is 10.00. The summed E-state index contributed by atoms with van der Waals surface area (Å²) in [5.74, 6) is 0.769. The van der Waals surface area contributed by atoms with Crippen LogP contribution in [0.5, 0.6) is 0 Å². The van der Waals surface area contributed by atoms with Gasteiger partial charge in [-0.05, 0) is 44.0 Å². The van der Waals surface area contributed by atoms with Crippen molar-refractivity contribution in [3.8, 4) is 6.07 Å². The van der Waals surface area contributed by atoms with Gasteiger partial charge in [0.1, 0.15) is 18.0 Å². The fourth-order valence-corrected chi connectivity index (χ4v) is 3.09. The quantitative estimate of drug-likeness (QED) is 0.852. The standard InChI is InChI=1S/C19H21N3O/c1-13-4-7-17(14(2)10-13)18-12-22(8-9-23-18)19-16(11-20)6-5-15(3)21-19/h4-7,10,18H,8-9,12H2,1-3H3. The van der Waals surface area contributed by atoms with Crippen molar-refractivity contribution >= 4 is 5.82 Å². The van der Waals surface area contributed by atoms with Crippen LogP contribution in [0.2, 0.25) is 0 Å². The lowest BCUT2D eigenvalue weighted by Gasteiger charge is -2.35. The Hall–Kier alpha value is -2.38. The van der Waals surface area contributed by atoms with Gasteiger partial charge in [-0.25, -0.2) is 4.98 Å². The average molecular weight is 307 g/mol. The van der Waals surface area contributed by atoms with Crippen LogP contribution in [0.3, 0.4) is 0 Å². The van der Waals surface area contributed by atoms with Gasteiger partial charge in [-0.1, -0.05) is 23.8 Å². The molecule has 0 N–H and O–H groups in total. The third kappa shape index (κ3) is 3.20. The largest absolute Gasteiger partial charge is 0.370 e. The lowest BCUT2D eigenvalue weighted by molar-refractivity contribution is 0.0391. The molecule has 1 saturated heterocycles. The predicted molar refractivity (Wildman–Crippen MR) is 90.5 cm³/mol. The van der Waals surface area contributed by atoms with Crippen LogP contribution in [-0.4, -0.2) is 24.7 Å². The molecule has 1 aliphatic rings. The summed E-state index contributed by atoms with van der Waals surface area (Å²) in [6.07, 6.45) is 0.0122. The van der Waals surface area contributed by atoms with Gasteiger partial charge in [0.2, 0.25) is 0 Å². The zero-order valence-corrected chi connectivity index (χ0v) is 13.8. The second-order valence-electron chi connectivity index (χ2n) is 6.10. The summed E-state index contributed by atoms with van der Waals surface area (Å²) in [5.41, 5.74) is 5.26. The molecule has 0 amide bonds. The van der Waals surface area contributed by atoms with Crippen LogP contribution >= 0.6 is 0 Å². The Morgan fingerprint density at radius 1 is 1.22 bits per heavy atom. The summed E-state index contributed by atoms with van der Waals surface area (Å²) in [6.45, 7) is 8.28. The molecular weight excluding hydrogens is 286 g/mol. The maximum Gasteiger partial charge on any atom is 0.146 e. The smallest absolute Gasteiger partial charge is 0.146 e. The SMILES string of the molecule is Cc1ccc(C2CN(c3nc(C)ccc3C#N)CCO2)c(C)c1. The first-order chi connectivity index (χ1) is 11.1. The van der Waals surface area contributed by atoms with Gasteiger partial charge in [-0.15, -0.1) is 0 Å². The fourth-order valence-electron chi connectivity index (χ4n) is 3.09. The number of rotatable bonds is 2. The second-order valence-corrected chi connectivity index (χ2v) is 6.10. The average Bonchev–Trinajstić information content (AvgIpc) is 2.55. The zero-order chi connectivity index (χ0) is 16.4. The molecule has 4 heteroatoms. The van der Waals surface area contributed by atoms with E-state index in [9.17, 15) is 5.26 Å². The van der Waals surface area contributed by atoms with Crippen LogP contribution in [0, 0.1) is 32.1 Å². The highest BCUT2D eigenvalue weighted by Crippen LogP contribution is 2.29. The van der Waals surface area contributed by atoms with Crippen molar-refractivity contribution in [2.24, 2.45) is 0 Å². The predicted octanol–water partition coefficient (Wildman–Crippen LogP) is 3.46. The van der Waals surface area contributed by atoms with Gasteiger partial charge >= 0.3 is 0 Å². The molecule has 0 saturated carbocycles. The molecule has 3 rings (SSSR count). The third-order valence-corrected chi connectivity index (χ3v) is 4.27. The van der Waals surface area contributed by atoms with Crippen molar-refractivity contribution in [1.82, 2.24) is 4.98 Å². The molecule has 118 valence electrons. The highest BCUT2D eigenvalue weighted by molar-refractivity contribution is 5.55. The molecule has 1 unspecified atom stereocenters. The molecule has 0 spiro atoms. The Bertz CT molecular complexity index is 764. The number of morpholine rings is 1. The molecular formula is C19H21N3O. The molecule has 2 aromatic rings. The van der Waals surface area contributed by atoms with Crippen molar-refractivity contribution < 1.29 is 4.74 Å². The topological polar surface area (TPSA) is 49.2 Å². The molecule has 1 aliphatic heterocycles. The number of pyridine rings is 1. The van der Waals surface area contributed by atoms with Crippen LogP contribution in [0.15, 0.2) is 30.3 Å². The zero-order valence-electron chi connectivity index (χ0n) is 13.8. The van der Waals surface area contributed by atoms with E-state index in [1.165, 1.54) is 16.7 Å². The maximum atomic E-state index is 9.35. The van der Waals surface area contributed by atoms with E-state index in [4.69, 9.17) is 4.74 Å². The highest BCUT2D eigenvalue weighted by Gasteiger charge is 2.25. The second kappa shape index (κ2) is 6.39. The first-order valence-corrected chi connectivity index (χ1v) is 7.90. The summed E-state index contributed by atoms with van der Waals surface area (Å²) in [4.78, 5) is 6.75. The van der Waals surface area contributed by atoms with Crippen LogP contribution in [-0.2, 0) is 4.74 Å². The molecule has 1 aromatic carbocycles. The minimum Gasteiger partial charge on any atom is -0.370 e. The van der Waals surface area contributed by atoms with Gasteiger partial charge in [0.15, 0.2) is 0 Å². The van der Waals surface area contributed by atoms with Gasteiger partial charge in [-0.2, -0.15) is 5.26 Å². The van der Waals surface area contributed by atoms with Crippen LogP contribution in [0.1, 0.15) is 34.1 Å². The van der Waals surface area contributed by atoms with E-state index >= 15 is 0 Å². The summed E-state index contributed by atoms with van der Waals surface area (Å²) in [5, 5.41) is 9.35. The van der Waals surface area contributed by atoms with Crippen LogP contribution < -0.4 is 4.90 Å². The summed E-state index contributed by atoms with van der Waals surface area (Å²) >= 11 is 0. The number of ether oxygens (including phenoxy) is 1. The van der Waals surface area contributed by atoms with Crippen molar-refractivity contribution in [3.63, 3.8) is 0 Å². The van der Waals surface area contributed by atoms with Gasteiger partial charge in [0.25, 0.3) is 0 Å². The van der Waals surface area contributed by atoms with E-state index in [-0.39, 0.29) is 6.10 Å². The monoisotopic (exact) mass is 307 g/mol. The third-order valence-electron chi connectivity index (χ3n) is 4.27. The number of hydrogen-bond donors (Lipinski definition) is 0. The number of benzene rings is 1. The number of aromatic nitrogens is 1. The first kappa shape index (κ1) is 15.5. The summed E-state index contributed by atoms with van der Waals surface area (Å²) in [7, 11) is 0. The van der Waals surface area contributed by atoms with Gasteiger partial charge in [-0.3, -0.25) is 0 Å². The Kier molecular flexibility index (Phi) is 4.31. The fraction of sp³-hybridized carbons (Fsp3) is 0.368. The summed E-state index contributed by atoms with van der Waals surface area (Å²) in [6, 6.07) is 12.4. The molecule has 0 radical (unpaired) electrons. The molecule has 2 heterocycles. The normalized spacial score (nSPS) is 17.8. The molecule has 1 fully saturated rings. The highest BCUT2D eigenvalue weighted by atomic mass is 16.5.